The van der Waals surface area contributed by atoms with Crippen molar-refractivity contribution in [3.8, 4) is 0 Å². The minimum Gasteiger partial charge on any atom is -0.444 e. The quantitative estimate of drug-likeness (QED) is 0.651. The number of carbonyl (C=O) groups is 4. The first-order valence-electron chi connectivity index (χ1n) is 10.7. The highest BCUT2D eigenvalue weighted by molar-refractivity contribution is 6.01. The van der Waals surface area contributed by atoms with Crippen LogP contribution in [0.1, 0.15) is 61.3 Å². The number of nitrogens with zero attached hydrogens (tertiary/aromatic N) is 3. The molecule has 4 amide bonds. The highest BCUT2D eigenvalue weighted by Crippen LogP contribution is 2.46. The van der Waals surface area contributed by atoms with E-state index in [1.165, 1.54) is 9.80 Å². The minimum absolute atomic E-state index is 0.177. The third-order valence-electron chi connectivity index (χ3n) is 6.42. The first-order chi connectivity index (χ1) is 14.1. The smallest absolute Gasteiger partial charge is 0.413 e. The summed E-state index contributed by atoms with van der Waals surface area (Å²) in [5, 5.41) is 0. The maximum Gasteiger partial charge on any atom is 0.413 e. The van der Waals surface area contributed by atoms with Crippen molar-refractivity contribution in [1.29, 1.82) is 0 Å². The molecule has 174 valence electrons. The Morgan fingerprint density at radius 2 is 1.84 bits per heavy atom. The van der Waals surface area contributed by atoms with Crippen LogP contribution < -0.4 is 5.73 Å². The van der Waals surface area contributed by atoms with E-state index < -0.39 is 41.0 Å². The summed E-state index contributed by atoms with van der Waals surface area (Å²) in [7, 11) is 0. The van der Waals surface area contributed by atoms with E-state index >= 15 is 0 Å². The average molecular weight is 439 g/mol. The molecule has 0 bridgehead atoms. The molecule has 0 aliphatic carbocycles. The molecule has 2 unspecified atom stereocenters. The van der Waals surface area contributed by atoms with Crippen LogP contribution in [0.2, 0.25) is 0 Å². The molecule has 10 nitrogen and oxygen atoms in total. The lowest BCUT2D eigenvalue weighted by atomic mass is 9.77. The molecule has 3 aliphatic heterocycles. The summed E-state index contributed by atoms with van der Waals surface area (Å²) in [5.74, 6) is -1.22. The van der Waals surface area contributed by atoms with E-state index in [-0.39, 0.29) is 24.4 Å². The molecule has 0 radical (unpaired) electrons. The molecule has 0 aromatic heterocycles. The molecule has 0 saturated carbocycles. The van der Waals surface area contributed by atoms with E-state index in [2.05, 4.69) is 0 Å². The van der Waals surface area contributed by atoms with Crippen molar-refractivity contribution in [2.75, 3.05) is 13.1 Å². The van der Waals surface area contributed by atoms with Crippen molar-refractivity contribution in [3.63, 3.8) is 0 Å². The topological polar surface area (TPSA) is 122 Å². The maximum absolute atomic E-state index is 13.8. The van der Waals surface area contributed by atoms with Gasteiger partial charge in [0.2, 0.25) is 11.8 Å². The Balaban J connectivity index is 1.90. The van der Waals surface area contributed by atoms with Gasteiger partial charge in [-0.25, -0.2) is 4.79 Å². The van der Waals surface area contributed by atoms with Crippen molar-refractivity contribution in [2.24, 2.45) is 5.73 Å². The van der Waals surface area contributed by atoms with Gasteiger partial charge in [0.25, 0.3) is 5.91 Å². The number of rotatable bonds is 3. The monoisotopic (exact) mass is 438 g/mol. The SMILES string of the molecule is CC1N(CC(N)=O)C(=O)C12CCCN2C(=O)[C@@H]1[C@@H](C)OC(C)(C)N1C(=O)OC(C)(C)C. The van der Waals surface area contributed by atoms with E-state index in [1.54, 1.807) is 46.4 Å². The Morgan fingerprint density at radius 3 is 2.35 bits per heavy atom. The number of primary amides is 1. The zero-order valence-corrected chi connectivity index (χ0v) is 19.4. The second kappa shape index (κ2) is 7.36. The molecular formula is C21H34N4O6. The van der Waals surface area contributed by atoms with Gasteiger partial charge in [-0.3, -0.25) is 19.3 Å². The molecule has 2 N–H and O–H groups in total. The molecule has 3 heterocycles. The van der Waals surface area contributed by atoms with Gasteiger partial charge in [-0.1, -0.05) is 0 Å². The molecular weight excluding hydrogens is 404 g/mol. The van der Waals surface area contributed by atoms with Crippen molar-refractivity contribution in [2.45, 2.75) is 96.4 Å². The minimum atomic E-state index is -1.05. The predicted molar refractivity (Wildman–Crippen MR) is 111 cm³/mol. The van der Waals surface area contributed by atoms with Crippen LogP contribution in [0.4, 0.5) is 4.79 Å². The summed E-state index contributed by atoms with van der Waals surface area (Å²) >= 11 is 0. The van der Waals surface area contributed by atoms with Crippen LogP contribution in [0.25, 0.3) is 0 Å². The van der Waals surface area contributed by atoms with Gasteiger partial charge in [-0.2, -0.15) is 0 Å². The fourth-order valence-electron chi connectivity index (χ4n) is 5.21. The third-order valence-corrected chi connectivity index (χ3v) is 6.42. The second-order valence-corrected chi connectivity index (χ2v) is 10.2. The first-order valence-corrected chi connectivity index (χ1v) is 10.7. The first kappa shape index (κ1) is 23.3. The van der Waals surface area contributed by atoms with Crippen LogP contribution in [-0.2, 0) is 23.9 Å². The standard InChI is InChI=1S/C21H34N4O6/c1-12-15(25(20(6,7)30-12)18(29)31-19(3,4)5)16(27)24-10-8-9-21(24)13(2)23(17(21)28)11-14(22)26/h12-13,15H,8-11H2,1-7H3,(H2,22,26)/t12-,13?,15+,21?/m1/s1. The predicted octanol–water partition coefficient (Wildman–Crippen LogP) is 0.824. The number of hydrogen-bond acceptors (Lipinski definition) is 6. The van der Waals surface area contributed by atoms with Gasteiger partial charge in [0.05, 0.1) is 18.7 Å². The highest BCUT2D eigenvalue weighted by Gasteiger charge is 2.66. The Labute approximate surface area is 183 Å². The number of likely N-dealkylation sites (tertiary alicyclic amines) is 2. The summed E-state index contributed by atoms with van der Waals surface area (Å²) in [6.07, 6.45) is -0.0628. The number of amides is 4. The Hall–Kier alpha value is -2.36. The molecule has 31 heavy (non-hydrogen) atoms. The lowest BCUT2D eigenvalue weighted by Crippen LogP contribution is -2.79. The van der Waals surface area contributed by atoms with Crippen LogP contribution in [0.15, 0.2) is 0 Å². The van der Waals surface area contributed by atoms with Gasteiger partial charge in [0, 0.05) is 6.54 Å². The summed E-state index contributed by atoms with van der Waals surface area (Å²) in [4.78, 5) is 55.5. The van der Waals surface area contributed by atoms with Gasteiger partial charge in [-0.15, -0.1) is 0 Å². The van der Waals surface area contributed by atoms with Crippen LogP contribution in [-0.4, -0.2) is 86.7 Å². The fourth-order valence-corrected chi connectivity index (χ4v) is 5.21. The van der Waals surface area contributed by atoms with Gasteiger partial charge in [-0.05, 0) is 61.3 Å². The molecule has 3 saturated heterocycles. The summed E-state index contributed by atoms with van der Waals surface area (Å²) in [6, 6.07) is -1.27. The summed E-state index contributed by atoms with van der Waals surface area (Å²) in [5.41, 5.74) is 2.46. The molecule has 0 aromatic rings. The molecule has 3 aliphatic rings. The van der Waals surface area contributed by atoms with E-state index in [1.807, 2.05) is 6.92 Å². The van der Waals surface area contributed by atoms with E-state index in [9.17, 15) is 19.2 Å². The van der Waals surface area contributed by atoms with Gasteiger partial charge >= 0.3 is 6.09 Å². The second-order valence-electron chi connectivity index (χ2n) is 10.2. The lowest BCUT2D eigenvalue weighted by molar-refractivity contribution is -0.179. The van der Waals surface area contributed by atoms with Gasteiger partial charge in [0.1, 0.15) is 22.9 Å². The van der Waals surface area contributed by atoms with Crippen LogP contribution >= 0.6 is 0 Å². The van der Waals surface area contributed by atoms with Crippen LogP contribution in [0.3, 0.4) is 0 Å². The van der Waals surface area contributed by atoms with Gasteiger partial charge in [0.15, 0.2) is 0 Å². The molecule has 0 aromatic carbocycles. The number of hydrogen-bond donors (Lipinski definition) is 1. The van der Waals surface area contributed by atoms with Crippen molar-refractivity contribution >= 4 is 23.8 Å². The van der Waals surface area contributed by atoms with Gasteiger partial charge < -0.3 is 25.0 Å². The maximum atomic E-state index is 13.8. The Morgan fingerprint density at radius 1 is 1.23 bits per heavy atom. The normalized spacial score (nSPS) is 32.4. The number of carbonyl (C=O) groups excluding carboxylic acids is 4. The van der Waals surface area contributed by atoms with Crippen LogP contribution in [0.5, 0.6) is 0 Å². The zero-order valence-electron chi connectivity index (χ0n) is 19.4. The average Bonchev–Trinajstić information content (AvgIpc) is 3.16. The molecule has 4 atom stereocenters. The number of ether oxygens (including phenoxy) is 2. The Bertz CT molecular complexity index is 806. The molecule has 3 rings (SSSR count). The summed E-state index contributed by atoms with van der Waals surface area (Å²) in [6.45, 7) is 12.5. The molecule has 10 heteroatoms. The largest absolute Gasteiger partial charge is 0.444 e. The van der Waals surface area contributed by atoms with E-state index in [0.717, 1.165) is 0 Å². The third kappa shape index (κ3) is 3.64. The highest BCUT2D eigenvalue weighted by atomic mass is 16.6. The van der Waals surface area contributed by atoms with Crippen molar-refractivity contribution in [3.05, 3.63) is 0 Å². The fraction of sp³-hybridized carbons (Fsp3) is 0.810. The van der Waals surface area contributed by atoms with Crippen LogP contribution in [0, 0.1) is 0 Å². The summed E-state index contributed by atoms with van der Waals surface area (Å²) < 4.78 is 11.5. The lowest BCUT2D eigenvalue weighted by Gasteiger charge is -2.56. The van der Waals surface area contributed by atoms with E-state index in [0.29, 0.717) is 19.4 Å². The number of nitrogens with two attached hydrogens (primary N) is 1. The van der Waals surface area contributed by atoms with E-state index in [4.69, 9.17) is 15.2 Å². The zero-order chi connectivity index (χ0) is 23.5. The number of β-lactam (4-membered cyclic amide) rings is 1. The Kier molecular flexibility index (Phi) is 5.53. The molecule has 3 fully saturated rings. The van der Waals surface area contributed by atoms with Crippen molar-refractivity contribution < 1.29 is 28.7 Å². The molecule has 1 spiro atoms. The van der Waals surface area contributed by atoms with Crippen molar-refractivity contribution in [1.82, 2.24) is 14.7 Å².